The van der Waals surface area contributed by atoms with Gasteiger partial charge < -0.3 is 9.84 Å². The second kappa shape index (κ2) is 6.37. The Labute approximate surface area is 128 Å². The highest BCUT2D eigenvalue weighted by Gasteiger charge is 2.23. The van der Waals surface area contributed by atoms with E-state index in [1.807, 2.05) is 0 Å². The van der Waals surface area contributed by atoms with Gasteiger partial charge in [-0.25, -0.2) is 14.4 Å². The Bertz CT molecular complexity index is 651. The molecule has 0 radical (unpaired) electrons. The van der Waals surface area contributed by atoms with Gasteiger partial charge in [0.2, 0.25) is 5.88 Å². The molecule has 1 aliphatic heterocycles. The second-order valence-corrected chi connectivity index (χ2v) is 5.36. The van der Waals surface area contributed by atoms with Gasteiger partial charge in [-0.05, 0) is 17.7 Å². The highest BCUT2D eigenvalue weighted by Crippen LogP contribution is 2.26. The minimum absolute atomic E-state index is 0.337. The van der Waals surface area contributed by atoms with E-state index in [-0.39, 0.29) is 5.82 Å². The number of hydrogen-bond acceptors (Lipinski definition) is 5. The van der Waals surface area contributed by atoms with Gasteiger partial charge in [0.05, 0.1) is 18.9 Å². The largest absolute Gasteiger partial charge is 0.481 e. The number of aliphatic hydroxyl groups excluding tert-OH is 1. The van der Waals surface area contributed by atoms with Crippen molar-refractivity contribution in [2.24, 2.45) is 0 Å². The summed E-state index contributed by atoms with van der Waals surface area (Å²) in [5.41, 5.74) is 2.54. The summed E-state index contributed by atoms with van der Waals surface area (Å²) in [7, 11) is 1.59. The van der Waals surface area contributed by atoms with E-state index in [1.54, 1.807) is 19.2 Å². The van der Waals surface area contributed by atoms with Crippen LogP contribution in [0.15, 0.2) is 30.6 Å². The van der Waals surface area contributed by atoms with Gasteiger partial charge in [-0.2, -0.15) is 0 Å². The first-order valence-corrected chi connectivity index (χ1v) is 7.20. The number of aromatic nitrogens is 2. The zero-order valence-corrected chi connectivity index (χ0v) is 12.4. The molecule has 0 fully saturated rings. The second-order valence-electron chi connectivity index (χ2n) is 5.36. The first-order valence-electron chi connectivity index (χ1n) is 7.20. The molecule has 0 saturated carbocycles. The van der Waals surface area contributed by atoms with Gasteiger partial charge in [0.25, 0.3) is 0 Å². The molecule has 0 saturated heterocycles. The molecule has 0 unspecified atom stereocenters. The molecular formula is C16H18FN3O2. The van der Waals surface area contributed by atoms with Crippen LogP contribution in [0.25, 0.3) is 0 Å². The number of nitrogens with zero attached hydrogens (tertiary/aromatic N) is 3. The number of ether oxygens (including phenoxy) is 1. The van der Waals surface area contributed by atoms with Gasteiger partial charge in [-0.3, -0.25) is 4.90 Å². The highest BCUT2D eigenvalue weighted by atomic mass is 19.1. The summed E-state index contributed by atoms with van der Waals surface area (Å²) < 4.78 is 18.5. The quantitative estimate of drug-likeness (QED) is 0.932. The molecule has 1 aromatic heterocycles. The lowest BCUT2D eigenvalue weighted by Crippen LogP contribution is -2.34. The van der Waals surface area contributed by atoms with Gasteiger partial charge in [0.1, 0.15) is 12.1 Å². The van der Waals surface area contributed by atoms with Crippen LogP contribution >= 0.6 is 0 Å². The fourth-order valence-corrected chi connectivity index (χ4v) is 2.77. The average molecular weight is 303 g/mol. The molecule has 1 aromatic carbocycles. The van der Waals surface area contributed by atoms with E-state index < -0.39 is 6.10 Å². The molecule has 0 spiro atoms. The minimum Gasteiger partial charge on any atom is -0.481 e. The van der Waals surface area contributed by atoms with Crippen LogP contribution < -0.4 is 4.74 Å². The molecule has 5 nitrogen and oxygen atoms in total. The van der Waals surface area contributed by atoms with Crippen LogP contribution in [0.5, 0.6) is 5.88 Å². The van der Waals surface area contributed by atoms with Gasteiger partial charge in [0.15, 0.2) is 0 Å². The van der Waals surface area contributed by atoms with E-state index in [2.05, 4.69) is 14.9 Å². The Morgan fingerprint density at radius 3 is 3.05 bits per heavy atom. The summed E-state index contributed by atoms with van der Waals surface area (Å²) in [5, 5.41) is 10.3. The smallest absolute Gasteiger partial charge is 0.220 e. The number of aliphatic hydroxyl groups is 1. The van der Waals surface area contributed by atoms with Crippen LogP contribution in [0.1, 0.15) is 22.9 Å². The molecule has 0 amide bonds. The van der Waals surface area contributed by atoms with Crippen molar-refractivity contribution in [3.8, 4) is 5.88 Å². The van der Waals surface area contributed by atoms with Crippen molar-refractivity contribution in [3.05, 3.63) is 53.2 Å². The molecule has 22 heavy (non-hydrogen) atoms. The van der Waals surface area contributed by atoms with Crippen LogP contribution in [-0.2, 0) is 13.0 Å². The fourth-order valence-electron chi connectivity index (χ4n) is 2.77. The first-order chi connectivity index (χ1) is 10.7. The van der Waals surface area contributed by atoms with Crippen LogP contribution in [-0.4, -0.2) is 40.2 Å². The number of rotatable bonds is 4. The third kappa shape index (κ3) is 3.08. The lowest BCUT2D eigenvalue weighted by molar-refractivity contribution is 0.104. The third-order valence-corrected chi connectivity index (χ3v) is 3.90. The predicted octanol–water partition coefficient (Wildman–Crippen LogP) is 1.72. The number of fused-ring (bicyclic) bond motifs is 1. The molecule has 2 heterocycles. The maximum Gasteiger partial charge on any atom is 0.220 e. The molecule has 1 aliphatic rings. The number of hydrogen-bond donors (Lipinski definition) is 1. The molecule has 0 bridgehead atoms. The Hall–Kier alpha value is -2.05. The molecule has 1 N–H and O–H groups in total. The molecule has 6 heteroatoms. The fraction of sp³-hybridized carbons (Fsp3) is 0.375. The molecular weight excluding hydrogens is 285 g/mol. The lowest BCUT2D eigenvalue weighted by Gasteiger charge is -2.30. The van der Waals surface area contributed by atoms with Crippen molar-refractivity contribution >= 4 is 0 Å². The van der Waals surface area contributed by atoms with Crippen molar-refractivity contribution in [3.63, 3.8) is 0 Å². The maximum absolute atomic E-state index is 13.2. The summed E-state index contributed by atoms with van der Waals surface area (Å²) >= 11 is 0. The molecule has 3 rings (SSSR count). The standard InChI is InChI=1S/C16H18FN3O2/c1-22-16-13-8-20(6-5-14(13)18-10-19-16)9-15(21)11-3-2-4-12(17)7-11/h2-4,7,10,15,21H,5-6,8-9H2,1H3/t15-/m0/s1. The molecule has 1 atom stereocenters. The van der Waals surface area contributed by atoms with E-state index >= 15 is 0 Å². The van der Waals surface area contributed by atoms with Crippen LogP contribution in [0, 0.1) is 5.82 Å². The Balaban J connectivity index is 1.72. The summed E-state index contributed by atoms with van der Waals surface area (Å²) in [4.78, 5) is 10.5. The summed E-state index contributed by atoms with van der Waals surface area (Å²) in [6.45, 7) is 1.84. The van der Waals surface area contributed by atoms with E-state index in [9.17, 15) is 9.50 Å². The number of halogens is 1. The number of methoxy groups -OCH3 is 1. The van der Waals surface area contributed by atoms with Crippen molar-refractivity contribution in [1.29, 1.82) is 0 Å². The maximum atomic E-state index is 13.2. The highest BCUT2D eigenvalue weighted by molar-refractivity contribution is 5.31. The van der Waals surface area contributed by atoms with E-state index in [1.165, 1.54) is 18.5 Å². The van der Waals surface area contributed by atoms with Gasteiger partial charge >= 0.3 is 0 Å². The normalized spacial score (nSPS) is 16.1. The number of β-amino-alcohol motifs (C(OH)–C–C–N with tert-alkyl or cyclic N) is 1. The van der Waals surface area contributed by atoms with Gasteiger partial charge in [-0.15, -0.1) is 0 Å². The Morgan fingerprint density at radius 2 is 2.27 bits per heavy atom. The van der Waals surface area contributed by atoms with Crippen molar-refractivity contribution in [2.75, 3.05) is 20.2 Å². The van der Waals surface area contributed by atoms with Gasteiger partial charge in [-0.1, -0.05) is 12.1 Å². The van der Waals surface area contributed by atoms with Crippen LogP contribution in [0.4, 0.5) is 4.39 Å². The monoisotopic (exact) mass is 303 g/mol. The Kier molecular flexibility index (Phi) is 4.31. The van der Waals surface area contributed by atoms with E-state index in [0.29, 0.717) is 24.5 Å². The van der Waals surface area contributed by atoms with Crippen molar-refractivity contribution < 1.29 is 14.2 Å². The topological polar surface area (TPSA) is 58.5 Å². The van der Waals surface area contributed by atoms with E-state index in [0.717, 1.165) is 24.2 Å². The lowest BCUT2D eigenvalue weighted by atomic mass is 10.0. The summed E-state index contributed by atoms with van der Waals surface area (Å²) in [6, 6.07) is 6.08. The zero-order chi connectivity index (χ0) is 15.5. The summed E-state index contributed by atoms with van der Waals surface area (Å²) in [6.07, 6.45) is 1.56. The minimum atomic E-state index is -0.729. The summed E-state index contributed by atoms with van der Waals surface area (Å²) in [5.74, 6) is 0.241. The van der Waals surface area contributed by atoms with Crippen LogP contribution in [0.2, 0.25) is 0 Å². The zero-order valence-electron chi connectivity index (χ0n) is 12.4. The molecule has 2 aromatic rings. The molecule has 116 valence electrons. The van der Waals surface area contributed by atoms with Crippen LogP contribution in [0.3, 0.4) is 0 Å². The molecule has 0 aliphatic carbocycles. The first kappa shape index (κ1) is 14.9. The SMILES string of the molecule is COc1ncnc2c1CN(C[C@H](O)c1cccc(F)c1)CC2. The average Bonchev–Trinajstić information content (AvgIpc) is 2.54. The Morgan fingerprint density at radius 1 is 1.41 bits per heavy atom. The predicted molar refractivity (Wildman–Crippen MR) is 78.9 cm³/mol. The number of benzene rings is 1. The van der Waals surface area contributed by atoms with Crippen molar-refractivity contribution in [1.82, 2.24) is 14.9 Å². The van der Waals surface area contributed by atoms with Gasteiger partial charge in [0, 0.05) is 31.6 Å². The van der Waals surface area contributed by atoms with E-state index in [4.69, 9.17) is 4.74 Å². The third-order valence-electron chi connectivity index (χ3n) is 3.90. The van der Waals surface area contributed by atoms with Crippen molar-refractivity contribution in [2.45, 2.75) is 19.1 Å².